The van der Waals surface area contributed by atoms with Gasteiger partial charge in [-0.2, -0.15) is 0 Å². The molecule has 2 N–H and O–H groups in total. The van der Waals surface area contributed by atoms with E-state index in [0.29, 0.717) is 13.1 Å². The second-order valence-electron chi connectivity index (χ2n) is 3.72. The Bertz CT molecular complexity index is 270. The number of rotatable bonds is 6. The fraction of sp³-hybridized carbons (Fsp3) is 0.636. The Morgan fingerprint density at radius 3 is 2.38 bits per heavy atom. The molecule has 0 aromatic carbocycles. The van der Waals surface area contributed by atoms with Crippen LogP contribution in [0, 0.1) is 0 Å². The second-order valence-corrected chi connectivity index (χ2v) is 3.72. The van der Waals surface area contributed by atoms with Crippen molar-refractivity contribution in [2.24, 2.45) is 0 Å². The number of allylic oxidation sites excluding steroid dienone is 1. The molecule has 0 saturated heterocycles. The molecule has 16 heavy (non-hydrogen) atoms. The van der Waals surface area contributed by atoms with Gasteiger partial charge in [0.15, 0.2) is 0 Å². The molecular weight excluding hydrogens is 208 g/mol. The molecule has 5 heteroatoms. The Morgan fingerprint density at radius 1 is 1.31 bits per heavy atom. The molecule has 1 atom stereocenters. The monoisotopic (exact) mass is 228 g/mol. The van der Waals surface area contributed by atoms with Gasteiger partial charge in [-0.1, -0.05) is 11.6 Å². The molecule has 0 aliphatic carbocycles. The summed E-state index contributed by atoms with van der Waals surface area (Å²) in [5, 5.41) is 5.57. The first-order valence-corrected chi connectivity index (χ1v) is 5.16. The summed E-state index contributed by atoms with van der Waals surface area (Å²) >= 11 is 0. The molecule has 0 fully saturated rings. The zero-order valence-corrected chi connectivity index (χ0v) is 10.3. The molecule has 0 aromatic rings. The Morgan fingerprint density at radius 2 is 1.94 bits per heavy atom. The highest BCUT2D eigenvalue weighted by Gasteiger charge is 2.18. The molecule has 0 aromatic heterocycles. The standard InChI is InChI=1S/C11H20N2O3/c1-8(2)5-6-12-7-10(11(15)16-4)13-9(3)14/h5,10,12H,6-7H2,1-4H3,(H,13,14). The van der Waals surface area contributed by atoms with Crippen molar-refractivity contribution >= 4 is 11.9 Å². The summed E-state index contributed by atoms with van der Waals surface area (Å²) in [5.41, 5.74) is 1.20. The van der Waals surface area contributed by atoms with E-state index in [4.69, 9.17) is 0 Å². The molecule has 1 unspecified atom stereocenters. The number of esters is 1. The minimum atomic E-state index is -0.631. The molecule has 0 aliphatic heterocycles. The second kappa shape index (κ2) is 7.87. The van der Waals surface area contributed by atoms with Crippen LogP contribution in [-0.4, -0.2) is 38.1 Å². The zero-order valence-electron chi connectivity index (χ0n) is 10.3. The highest BCUT2D eigenvalue weighted by molar-refractivity contribution is 5.83. The SMILES string of the molecule is COC(=O)C(CNCC=C(C)C)NC(C)=O. The van der Waals surface area contributed by atoms with E-state index >= 15 is 0 Å². The van der Waals surface area contributed by atoms with Crippen molar-refractivity contribution in [2.75, 3.05) is 20.2 Å². The fourth-order valence-corrected chi connectivity index (χ4v) is 1.08. The summed E-state index contributed by atoms with van der Waals surface area (Å²) in [7, 11) is 1.30. The van der Waals surface area contributed by atoms with Crippen LogP contribution in [0.15, 0.2) is 11.6 Å². The predicted octanol–water partition coefficient (Wildman–Crippen LogP) is 0.220. The van der Waals surface area contributed by atoms with Crippen molar-refractivity contribution in [3.8, 4) is 0 Å². The van der Waals surface area contributed by atoms with Gasteiger partial charge in [0.1, 0.15) is 6.04 Å². The summed E-state index contributed by atoms with van der Waals surface area (Å²) in [6, 6.07) is -0.631. The quantitative estimate of drug-likeness (QED) is 0.388. The first-order valence-electron chi connectivity index (χ1n) is 5.16. The number of amides is 1. The molecule has 0 aliphatic rings. The van der Waals surface area contributed by atoms with Gasteiger partial charge in [-0.3, -0.25) is 4.79 Å². The highest BCUT2D eigenvalue weighted by Crippen LogP contribution is 1.89. The van der Waals surface area contributed by atoms with E-state index < -0.39 is 12.0 Å². The Hall–Kier alpha value is -1.36. The Balaban J connectivity index is 4.07. The Labute approximate surface area is 96.2 Å². The predicted molar refractivity (Wildman–Crippen MR) is 61.9 cm³/mol. The van der Waals surface area contributed by atoms with Gasteiger partial charge in [-0.15, -0.1) is 0 Å². The van der Waals surface area contributed by atoms with Crippen LogP contribution in [0.3, 0.4) is 0 Å². The molecule has 0 saturated carbocycles. The third-order valence-corrected chi connectivity index (χ3v) is 1.87. The van der Waals surface area contributed by atoms with E-state index in [0.717, 1.165) is 0 Å². The fourth-order valence-electron chi connectivity index (χ4n) is 1.08. The summed E-state index contributed by atoms with van der Waals surface area (Å²) in [5.74, 6) is -0.695. The molecule has 0 heterocycles. The number of carbonyl (C=O) groups excluding carboxylic acids is 2. The smallest absolute Gasteiger partial charge is 0.329 e. The molecule has 0 spiro atoms. The third kappa shape index (κ3) is 7.00. The van der Waals surface area contributed by atoms with Crippen molar-refractivity contribution in [1.29, 1.82) is 0 Å². The maximum Gasteiger partial charge on any atom is 0.329 e. The van der Waals surface area contributed by atoms with Crippen LogP contribution in [0.1, 0.15) is 20.8 Å². The van der Waals surface area contributed by atoms with E-state index in [-0.39, 0.29) is 5.91 Å². The maximum absolute atomic E-state index is 11.3. The van der Waals surface area contributed by atoms with E-state index in [2.05, 4.69) is 15.4 Å². The lowest BCUT2D eigenvalue weighted by Gasteiger charge is -2.15. The van der Waals surface area contributed by atoms with Gasteiger partial charge in [-0.25, -0.2) is 4.79 Å². The topological polar surface area (TPSA) is 67.4 Å². The number of nitrogens with one attached hydrogen (secondary N) is 2. The number of carbonyl (C=O) groups is 2. The largest absolute Gasteiger partial charge is 0.467 e. The molecular formula is C11H20N2O3. The molecule has 0 radical (unpaired) electrons. The van der Waals surface area contributed by atoms with Gasteiger partial charge in [-0.05, 0) is 13.8 Å². The number of methoxy groups -OCH3 is 1. The van der Waals surface area contributed by atoms with Crippen LogP contribution < -0.4 is 10.6 Å². The van der Waals surface area contributed by atoms with Crippen LogP contribution in [0.5, 0.6) is 0 Å². The normalized spacial score (nSPS) is 11.5. The third-order valence-electron chi connectivity index (χ3n) is 1.87. The lowest BCUT2D eigenvalue weighted by Crippen LogP contribution is -2.47. The molecule has 1 amide bonds. The van der Waals surface area contributed by atoms with Crippen molar-refractivity contribution in [1.82, 2.24) is 10.6 Å². The van der Waals surface area contributed by atoms with Crippen LogP contribution in [0.4, 0.5) is 0 Å². The minimum Gasteiger partial charge on any atom is -0.467 e. The van der Waals surface area contributed by atoms with Crippen LogP contribution >= 0.6 is 0 Å². The molecule has 0 bridgehead atoms. The average Bonchev–Trinajstić information content (AvgIpc) is 2.20. The lowest BCUT2D eigenvalue weighted by atomic mass is 10.2. The van der Waals surface area contributed by atoms with Gasteiger partial charge < -0.3 is 15.4 Å². The summed E-state index contributed by atoms with van der Waals surface area (Å²) in [4.78, 5) is 22.1. The summed E-state index contributed by atoms with van der Waals surface area (Å²) < 4.78 is 4.58. The number of ether oxygens (including phenoxy) is 1. The van der Waals surface area contributed by atoms with E-state index in [9.17, 15) is 9.59 Å². The van der Waals surface area contributed by atoms with E-state index in [1.165, 1.54) is 19.6 Å². The van der Waals surface area contributed by atoms with Crippen LogP contribution in [0.25, 0.3) is 0 Å². The first kappa shape index (κ1) is 14.6. The minimum absolute atomic E-state index is 0.251. The van der Waals surface area contributed by atoms with Crippen LogP contribution in [0.2, 0.25) is 0 Å². The number of hydrogen-bond acceptors (Lipinski definition) is 4. The lowest BCUT2D eigenvalue weighted by molar-refractivity contribution is -0.144. The number of hydrogen-bond donors (Lipinski definition) is 2. The van der Waals surface area contributed by atoms with Crippen molar-refractivity contribution in [3.63, 3.8) is 0 Å². The van der Waals surface area contributed by atoms with Crippen LogP contribution in [-0.2, 0) is 14.3 Å². The van der Waals surface area contributed by atoms with E-state index in [1.54, 1.807) is 0 Å². The van der Waals surface area contributed by atoms with Crippen molar-refractivity contribution < 1.29 is 14.3 Å². The van der Waals surface area contributed by atoms with Gasteiger partial charge >= 0.3 is 5.97 Å². The first-order chi connectivity index (χ1) is 7.47. The van der Waals surface area contributed by atoms with Gasteiger partial charge in [0.25, 0.3) is 0 Å². The zero-order chi connectivity index (χ0) is 12.6. The molecule has 5 nitrogen and oxygen atoms in total. The van der Waals surface area contributed by atoms with Crippen molar-refractivity contribution in [3.05, 3.63) is 11.6 Å². The van der Waals surface area contributed by atoms with Crippen molar-refractivity contribution in [2.45, 2.75) is 26.8 Å². The Kier molecular flexibility index (Phi) is 7.20. The summed E-state index contributed by atoms with van der Waals surface area (Å²) in [6.45, 7) is 6.37. The highest BCUT2D eigenvalue weighted by atomic mass is 16.5. The maximum atomic E-state index is 11.3. The van der Waals surface area contributed by atoms with Gasteiger partial charge in [0.2, 0.25) is 5.91 Å². The molecule has 92 valence electrons. The van der Waals surface area contributed by atoms with E-state index in [1.807, 2.05) is 19.9 Å². The average molecular weight is 228 g/mol. The van der Waals surface area contributed by atoms with Gasteiger partial charge in [0, 0.05) is 20.0 Å². The molecule has 0 rings (SSSR count). The van der Waals surface area contributed by atoms with Gasteiger partial charge in [0.05, 0.1) is 7.11 Å². The summed E-state index contributed by atoms with van der Waals surface area (Å²) in [6.07, 6.45) is 2.00.